The molecule has 0 spiro atoms. The van der Waals surface area contributed by atoms with Gasteiger partial charge in [0.1, 0.15) is 0 Å². The largest absolute Gasteiger partial charge is 0.325 e. The van der Waals surface area contributed by atoms with Gasteiger partial charge in [0.25, 0.3) is 5.92 Å². The minimum atomic E-state index is -2.75. The molecule has 102 valence electrons. The van der Waals surface area contributed by atoms with Crippen molar-refractivity contribution in [2.24, 2.45) is 5.73 Å². The number of thioether (sulfide) groups is 1. The molecule has 0 aliphatic carbocycles. The SMILES string of the molecule is CCSc1cccc(CCC(F)(F)CN)c1CC. The zero-order valence-corrected chi connectivity index (χ0v) is 11.8. The van der Waals surface area contributed by atoms with Crippen LogP contribution in [0.5, 0.6) is 0 Å². The standard InChI is InChI=1S/C14H21F2NS/c1-3-12-11(8-9-14(15,16)10-17)6-5-7-13(12)18-4-2/h5-7H,3-4,8-10,17H2,1-2H3. The van der Waals surface area contributed by atoms with E-state index in [4.69, 9.17) is 5.73 Å². The minimum absolute atomic E-state index is 0.170. The van der Waals surface area contributed by atoms with Crippen LogP contribution in [0.15, 0.2) is 23.1 Å². The summed E-state index contributed by atoms with van der Waals surface area (Å²) < 4.78 is 26.4. The molecule has 0 atom stereocenters. The van der Waals surface area contributed by atoms with Crippen LogP contribution >= 0.6 is 11.8 Å². The molecule has 1 rings (SSSR count). The predicted octanol–water partition coefficient (Wildman–Crippen LogP) is 3.89. The lowest BCUT2D eigenvalue weighted by Crippen LogP contribution is -2.28. The fourth-order valence-electron chi connectivity index (χ4n) is 1.96. The molecule has 0 radical (unpaired) electrons. The molecule has 0 aliphatic heterocycles. The van der Waals surface area contributed by atoms with E-state index in [1.54, 1.807) is 11.8 Å². The topological polar surface area (TPSA) is 26.0 Å². The molecular weight excluding hydrogens is 252 g/mol. The zero-order chi connectivity index (χ0) is 13.6. The molecule has 2 N–H and O–H groups in total. The summed E-state index contributed by atoms with van der Waals surface area (Å²) in [5.74, 6) is -1.76. The average Bonchev–Trinajstić information content (AvgIpc) is 2.37. The second-order valence-electron chi connectivity index (χ2n) is 4.24. The first-order valence-electron chi connectivity index (χ1n) is 6.35. The lowest BCUT2D eigenvalue weighted by Gasteiger charge is -2.16. The van der Waals surface area contributed by atoms with E-state index in [1.165, 1.54) is 10.5 Å². The van der Waals surface area contributed by atoms with E-state index in [-0.39, 0.29) is 6.42 Å². The first-order chi connectivity index (χ1) is 8.54. The van der Waals surface area contributed by atoms with E-state index in [1.807, 2.05) is 12.1 Å². The molecule has 0 aliphatic rings. The highest BCUT2D eigenvalue weighted by Gasteiger charge is 2.26. The van der Waals surface area contributed by atoms with Crippen molar-refractivity contribution in [1.82, 2.24) is 0 Å². The Hall–Kier alpha value is -0.610. The highest BCUT2D eigenvalue weighted by Crippen LogP contribution is 2.28. The Labute approximate surface area is 112 Å². The summed E-state index contributed by atoms with van der Waals surface area (Å²) in [6, 6.07) is 5.97. The highest BCUT2D eigenvalue weighted by atomic mass is 32.2. The maximum atomic E-state index is 13.2. The Morgan fingerprint density at radius 3 is 2.56 bits per heavy atom. The Kier molecular flexibility index (Phi) is 6.09. The van der Waals surface area contributed by atoms with Crippen molar-refractivity contribution >= 4 is 11.8 Å². The molecule has 0 saturated heterocycles. The molecule has 0 heterocycles. The van der Waals surface area contributed by atoms with Crippen LogP contribution in [0, 0.1) is 0 Å². The summed E-state index contributed by atoms with van der Waals surface area (Å²) in [6.07, 6.45) is 1.11. The van der Waals surface area contributed by atoms with Crippen molar-refractivity contribution in [3.05, 3.63) is 29.3 Å². The van der Waals surface area contributed by atoms with E-state index >= 15 is 0 Å². The average molecular weight is 273 g/mol. The van der Waals surface area contributed by atoms with Gasteiger partial charge in [0.15, 0.2) is 0 Å². The van der Waals surface area contributed by atoms with Gasteiger partial charge in [-0.25, -0.2) is 8.78 Å². The second-order valence-corrected chi connectivity index (χ2v) is 5.55. The predicted molar refractivity (Wildman–Crippen MR) is 74.5 cm³/mol. The van der Waals surface area contributed by atoms with Crippen molar-refractivity contribution in [2.75, 3.05) is 12.3 Å². The zero-order valence-electron chi connectivity index (χ0n) is 11.0. The van der Waals surface area contributed by atoms with Crippen LogP contribution in [-0.4, -0.2) is 18.2 Å². The Balaban J connectivity index is 2.85. The van der Waals surface area contributed by atoms with Gasteiger partial charge < -0.3 is 5.73 Å². The molecule has 0 amide bonds. The van der Waals surface area contributed by atoms with Gasteiger partial charge in [-0.05, 0) is 35.8 Å². The number of aryl methyl sites for hydroxylation is 1. The number of alkyl halides is 2. The number of hydrogen-bond acceptors (Lipinski definition) is 2. The number of rotatable bonds is 7. The molecule has 0 fully saturated rings. The van der Waals surface area contributed by atoms with Crippen LogP contribution in [0.25, 0.3) is 0 Å². The van der Waals surface area contributed by atoms with Crippen LogP contribution in [0.3, 0.4) is 0 Å². The lowest BCUT2D eigenvalue weighted by molar-refractivity contribution is 0.00242. The van der Waals surface area contributed by atoms with E-state index in [2.05, 4.69) is 19.9 Å². The first kappa shape index (κ1) is 15.4. The van der Waals surface area contributed by atoms with E-state index < -0.39 is 12.5 Å². The quantitative estimate of drug-likeness (QED) is 0.763. The summed E-state index contributed by atoms with van der Waals surface area (Å²) >= 11 is 1.77. The number of hydrogen-bond donors (Lipinski definition) is 1. The van der Waals surface area contributed by atoms with Crippen molar-refractivity contribution in [1.29, 1.82) is 0 Å². The summed E-state index contributed by atoms with van der Waals surface area (Å²) in [7, 11) is 0. The monoisotopic (exact) mass is 273 g/mol. The molecule has 18 heavy (non-hydrogen) atoms. The second kappa shape index (κ2) is 7.10. The third kappa shape index (κ3) is 4.25. The fourth-order valence-corrected chi connectivity index (χ4v) is 2.89. The highest BCUT2D eigenvalue weighted by molar-refractivity contribution is 7.99. The Morgan fingerprint density at radius 2 is 2.00 bits per heavy atom. The summed E-state index contributed by atoms with van der Waals surface area (Å²) in [5.41, 5.74) is 7.30. The summed E-state index contributed by atoms with van der Waals surface area (Å²) in [5, 5.41) is 0. The van der Waals surface area contributed by atoms with Crippen LogP contribution < -0.4 is 5.73 Å². The van der Waals surface area contributed by atoms with Crippen molar-refractivity contribution in [3.63, 3.8) is 0 Å². The van der Waals surface area contributed by atoms with E-state index in [9.17, 15) is 8.78 Å². The normalized spacial score (nSPS) is 11.8. The number of nitrogens with two attached hydrogens (primary N) is 1. The van der Waals surface area contributed by atoms with Crippen LogP contribution in [0.2, 0.25) is 0 Å². The number of benzene rings is 1. The van der Waals surface area contributed by atoms with Crippen molar-refractivity contribution in [3.8, 4) is 0 Å². The third-order valence-electron chi connectivity index (χ3n) is 2.94. The molecule has 4 heteroatoms. The van der Waals surface area contributed by atoms with Gasteiger partial charge in [0.2, 0.25) is 0 Å². The van der Waals surface area contributed by atoms with Crippen LogP contribution in [0.1, 0.15) is 31.4 Å². The van der Waals surface area contributed by atoms with E-state index in [0.29, 0.717) is 6.42 Å². The van der Waals surface area contributed by atoms with E-state index in [0.717, 1.165) is 17.7 Å². The van der Waals surface area contributed by atoms with Gasteiger partial charge in [0, 0.05) is 11.3 Å². The van der Waals surface area contributed by atoms with Gasteiger partial charge in [-0.1, -0.05) is 26.0 Å². The van der Waals surface area contributed by atoms with Crippen molar-refractivity contribution < 1.29 is 8.78 Å². The fraction of sp³-hybridized carbons (Fsp3) is 0.571. The molecule has 0 aromatic heterocycles. The smallest absolute Gasteiger partial charge is 0.260 e. The minimum Gasteiger partial charge on any atom is -0.325 e. The van der Waals surface area contributed by atoms with Gasteiger partial charge in [-0.3, -0.25) is 0 Å². The van der Waals surface area contributed by atoms with Gasteiger partial charge >= 0.3 is 0 Å². The van der Waals surface area contributed by atoms with Crippen LogP contribution in [-0.2, 0) is 12.8 Å². The molecule has 0 bridgehead atoms. The Morgan fingerprint density at radius 1 is 1.28 bits per heavy atom. The first-order valence-corrected chi connectivity index (χ1v) is 7.34. The lowest BCUT2D eigenvalue weighted by atomic mass is 9.99. The molecule has 0 unspecified atom stereocenters. The van der Waals surface area contributed by atoms with Crippen LogP contribution in [0.4, 0.5) is 8.78 Å². The summed E-state index contributed by atoms with van der Waals surface area (Å²) in [4.78, 5) is 1.22. The molecule has 1 aromatic rings. The maximum Gasteiger partial charge on any atom is 0.260 e. The Bertz CT molecular complexity index is 380. The van der Waals surface area contributed by atoms with Gasteiger partial charge in [-0.15, -0.1) is 11.8 Å². The molecular formula is C14H21F2NS. The summed E-state index contributed by atoms with van der Waals surface area (Å²) in [6.45, 7) is 3.59. The maximum absolute atomic E-state index is 13.2. The molecule has 1 aromatic carbocycles. The van der Waals surface area contributed by atoms with Gasteiger partial charge in [-0.2, -0.15) is 0 Å². The van der Waals surface area contributed by atoms with Gasteiger partial charge in [0.05, 0.1) is 6.54 Å². The molecule has 0 saturated carbocycles. The number of halogens is 2. The third-order valence-corrected chi connectivity index (χ3v) is 3.92. The molecule has 1 nitrogen and oxygen atoms in total. The van der Waals surface area contributed by atoms with Crippen molar-refractivity contribution in [2.45, 2.75) is 43.9 Å².